The van der Waals surface area contributed by atoms with E-state index in [1.807, 2.05) is 32.0 Å². The number of nitrogens with two attached hydrogens (primary N) is 1. The van der Waals surface area contributed by atoms with E-state index in [-0.39, 0.29) is 24.5 Å². The Hall–Kier alpha value is -1.71. The second-order valence-corrected chi connectivity index (χ2v) is 4.32. The van der Waals surface area contributed by atoms with Gasteiger partial charge in [0.25, 0.3) is 0 Å². The van der Waals surface area contributed by atoms with E-state index in [2.05, 4.69) is 0 Å². The summed E-state index contributed by atoms with van der Waals surface area (Å²) in [5.41, 5.74) is 6.46. The molecule has 1 aromatic rings. The quantitative estimate of drug-likeness (QED) is 0.868. The van der Waals surface area contributed by atoms with Crippen molar-refractivity contribution >= 4 is 5.91 Å². The largest absolute Gasteiger partial charge is 0.454 e. The Morgan fingerprint density at radius 3 is 2.76 bits per heavy atom. The summed E-state index contributed by atoms with van der Waals surface area (Å²) in [5, 5.41) is 0. The van der Waals surface area contributed by atoms with Crippen molar-refractivity contribution in [2.24, 2.45) is 11.7 Å². The zero-order valence-corrected chi connectivity index (χ0v) is 10.1. The van der Waals surface area contributed by atoms with Crippen LogP contribution in [0, 0.1) is 5.92 Å². The second kappa shape index (κ2) is 4.65. The summed E-state index contributed by atoms with van der Waals surface area (Å²) in [5.74, 6) is 1.20. The molecule has 2 atom stereocenters. The first-order chi connectivity index (χ1) is 8.13. The number of rotatable bonds is 4. The van der Waals surface area contributed by atoms with Crippen molar-refractivity contribution in [2.45, 2.75) is 26.2 Å². The molecular formula is C13H17NO3. The average molecular weight is 235 g/mol. The number of fused-ring (bicyclic) bond motifs is 1. The van der Waals surface area contributed by atoms with E-state index in [4.69, 9.17) is 15.2 Å². The Morgan fingerprint density at radius 1 is 1.41 bits per heavy atom. The molecule has 0 aromatic heterocycles. The molecule has 0 aliphatic carbocycles. The number of hydrogen-bond donors (Lipinski definition) is 1. The molecule has 4 nitrogen and oxygen atoms in total. The zero-order valence-electron chi connectivity index (χ0n) is 10.1. The summed E-state index contributed by atoms with van der Waals surface area (Å²) in [7, 11) is 0. The van der Waals surface area contributed by atoms with Crippen molar-refractivity contribution in [3.05, 3.63) is 23.8 Å². The maximum atomic E-state index is 11.3. The fourth-order valence-corrected chi connectivity index (χ4v) is 2.23. The molecule has 17 heavy (non-hydrogen) atoms. The summed E-state index contributed by atoms with van der Waals surface area (Å²) in [4.78, 5) is 11.3. The lowest BCUT2D eigenvalue weighted by Gasteiger charge is -2.20. The van der Waals surface area contributed by atoms with Gasteiger partial charge in [-0.25, -0.2) is 0 Å². The highest BCUT2D eigenvalue weighted by Crippen LogP contribution is 2.36. The van der Waals surface area contributed by atoms with Crippen LogP contribution in [-0.4, -0.2) is 12.7 Å². The maximum Gasteiger partial charge on any atom is 0.231 e. The first-order valence-electron chi connectivity index (χ1n) is 5.82. The Labute approximate surface area is 101 Å². The molecule has 1 heterocycles. The van der Waals surface area contributed by atoms with E-state index in [0.717, 1.165) is 23.5 Å². The molecule has 1 aliphatic heterocycles. The molecule has 0 saturated carbocycles. The third kappa shape index (κ3) is 2.20. The Kier molecular flexibility index (Phi) is 3.22. The minimum absolute atomic E-state index is 0.0898. The fraction of sp³-hybridized carbons (Fsp3) is 0.462. The molecule has 2 N–H and O–H groups in total. The minimum atomic E-state index is -0.252. The second-order valence-electron chi connectivity index (χ2n) is 4.32. The van der Waals surface area contributed by atoms with E-state index in [1.165, 1.54) is 0 Å². The van der Waals surface area contributed by atoms with Gasteiger partial charge in [0.15, 0.2) is 11.5 Å². The molecule has 1 aliphatic rings. The zero-order chi connectivity index (χ0) is 12.4. The summed E-state index contributed by atoms with van der Waals surface area (Å²) in [6, 6.07) is 5.77. The van der Waals surface area contributed by atoms with E-state index in [9.17, 15) is 4.79 Å². The summed E-state index contributed by atoms with van der Waals surface area (Å²) in [6.07, 6.45) is 0.741. The summed E-state index contributed by atoms with van der Waals surface area (Å²) < 4.78 is 10.6. The molecule has 92 valence electrons. The molecule has 0 bridgehead atoms. The van der Waals surface area contributed by atoms with Gasteiger partial charge in [0, 0.05) is 5.92 Å². The predicted molar refractivity (Wildman–Crippen MR) is 64.0 cm³/mol. The third-order valence-corrected chi connectivity index (χ3v) is 3.33. The van der Waals surface area contributed by atoms with E-state index >= 15 is 0 Å². The summed E-state index contributed by atoms with van der Waals surface area (Å²) >= 11 is 0. The molecule has 1 aromatic carbocycles. The van der Waals surface area contributed by atoms with Crippen LogP contribution >= 0.6 is 0 Å². The Morgan fingerprint density at radius 2 is 2.12 bits per heavy atom. The standard InChI is InChI=1S/C13H17NO3/c1-3-10(13(14)15)8(2)9-4-5-11-12(6-9)17-7-16-11/h4-6,8,10H,3,7H2,1-2H3,(H2,14,15). The average Bonchev–Trinajstić information content (AvgIpc) is 2.75. The van der Waals surface area contributed by atoms with Crippen LogP contribution in [0.4, 0.5) is 0 Å². The van der Waals surface area contributed by atoms with Gasteiger partial charge in [-0.15, -0.1) is 0 Å². The number of carbonyl (C=O) groups is 1. The lowest BCUT2D eigenvalue weighted by molar-refractivity contribution is -0.122. The molecule has 1 amide bonds. The molecular weight excluding hydrogens is 218 g/mol. The van der Waals surface area contributed by atoms with E-state index < -0.39 is 0 Å². The highest BCUT2D eigenvalue weighted by atomic mass is 16.7. The predicted octanol–water partition coefficient (Wildman–Crippen LogP) is 2.03. The van der Waals surface area contributed by atoms with Crippen molar-refractivity contribution in [1.82, 2.24) is 0 Å². The van der Waals surface area contributed by atoms with Gasteiger partial charge in [-0.1, -0.05) is 19.9 Å². The van der Waals surface area contributed by atoms with Crippen LogP contribution in [0.2, 0.25) is 0 Å². The van der Waals surface area contributed by atoms with Gasteiger partial charge < -0.3 is 15.2 Å². The molecule has 0 radical (unpaired) electrons. The van der Waals surface area contributed by atoms with Gasteiger partial charge in [0.1, 0.15) is 0 Å². The van der Waals surface area contributed by atoms with Crippen molar-refractivity contribution < 1.29 is 14.3 Å². The third-order valence-electron chi connectivity index (χ3n) is 3.33. The molecule has 0 spiro atoms. The number of benzene rings is 1. The highest BCUT2D eigenvalue weighted by molar-refractivity contribution is 5.77. The smallest absolute Gasteiger partial charge is 0.231 e. The highest BCUT2D eigenvalue weighted by Gasteiger charge is 2.24. The number of carbonyl (C=O) groups excluding carboxylic acids is 1. The van der Waals surface area contributed by atoms with Crippen molar-refractivity contribution in [3.63, 3.8) is 0 Å². The number of hydrogen-bond acceptors (Lipinski definition) is 3. The molecule has 0 saturated heterocycles. The molecule has 2 unspecified atom stereocenters. The number of ether oxygens (including phenoxy) is 2. The normalized spacial score (nSPS) is 16.6. The Balaban J connectivity index is 2.24. The van der Waals surface area contributed by atoms with E-state index in [0.29, 0.717) is 0 Å². The maximum absolute atomic E-state index is 11.3. The number of amides is 1. The van der Waals surface area contributed by atoms with Gasteiger partial charge in [0.2, 0.25) is 12.7 Å². The van der Waals surface area contributed by atoms with Gasteiger partial charge in [0.05, 0.1) is 0 Å². The summed E-state index contributed by atoms with van der Waals surface area (Å²) in [6.45, 7) is 4.25. The van der Waals surface area contributed by atoms with Crippen molar-refractivity contribution in [2.75, 3.05) is 6.79 Å². The van der Waals surface area contributed by atoms with Gasteiger partial charge in [-0.2, -0.15) is 0 Å². The lowest BCUT2D eigenvalue weighted by atomic mass is 9.85. The van der Waals surface area contributed by atoms with Crippen LogP contribution in [0.15, 0.2) is 18.2 Å². The molecule has 2 rings (SSSR count). The first kappa shape index (κ1) is 11.8. The molecule has 4 heteroatoms. The van der Waals surface area contributed by atoms with Crippen LogP contribution < -0.4 is 15.2 Å². The van der Waals surface area contributed by atoms with Gasteiger partial charge in [-0.05, 0) is 30.0 Å². The SMILES string of the molecule is CCC(C(N)=O)C(C)c1ccc2c(c1)OCO2. The van der Waals surface area contributed by atoms with Crippen LogP contribution in [-0.2, 0) is 4.79 Å². The Bertz CT molecular complexity index is 431. The number of primary amides is 1. The van der Waals surface area contributed by atoms with Crippen molar-refractivity contribution in [3.8, 4) is 11.5 Å². The molecule has 0 fully saturated rings. The van der Waals surface area contributed by atoms with Crippen LogP contribution in [0.25, 0.3) is 0 Å². The fourth-order valence-electron chi connectivity index (χ4n) is 2.23. The van der Waals surface area contributed by atoms with Gasteiger partial charge >= 0.3 is 0 Å². The van der Waals surface area contributed by atoms with Crippen LogP contribution in [0.3, 0.4) is 0 Å². The van der Waals surface area contributed by atoms with E-state index in [1.54, 1.807) is 0 Å². The first-order valence-corrected chi connectivity index (χ1v) is 5.82. The topological polar surface area (TPSA) is 61.6 Å². The monoisotopic (exact) mass is 235 g/mol. The minimum Gasteiger partial charge on any atom is -0.454 e. The van der Waals surface area contributed by atoms with Crippen LogP contribution in [0.1, 0.15) is 31.7 Å². The van der Waals surface area contributed by atoms with Gasteiger partial charge in [-0.3, -0.25) is 4.79 Å². The lowest BCUT2D eigenvalue weighted by Crippen LogP contribution is -2.27. The van der Waals surface area contributed by atoms with Crippen molar-refractivity contribution in [1.29, 1.82) is 0 Å². The van der Waals surface area contributed by atoms with Crippen LogP contribution in [0.5, 0.6) is 11.5 Å².